The molecule has 0 rings (SSSR count). The lowest BCUT2D eigenvalue weighted by Crippen LogP contribution is -2.19. The summed E-state index contributed by atoms with van der Waals surface area (Å²) in [6.07, 6.45) is 0. The Bertz CT molecular complexity index is 181. The van der Waals surface area contributed by atoms with Gasteiger partial charge in [0.1, 0.15) is 18.2 Å². The molecule has 0 saturated carbocycles. The molecule has 0 aromatic carbocycles. The molecule has 0 spiro atoms. The van der Waals surface area contributed by atoms with Gasteiger partial charge in [-0.05, 0) is 0 Å². The second-order valence-electron chi connectivity index (χ2n) is 1.10. The van der Waals surface area contributed by atoms with Gasteiger partial charge in [0.2, 0.25) is 5.71 Å². The molecule has 0 radical (unpaired) electrons. The monoisotopic (exact) mass is 143 g/mol. The summed E-state index contributed by atoms with van der Waals surface area (Å²) >= 11 is 4.43. The van der Waals surface area contributed by atoms with E-state index in [1.165, 1.54) is 7.11 Å². The van der Waals surface area contributed by atoms with Crippen LogP contribution in [0.25, 0.3) is 0 Å². The summed E-state index contributed by atoms with van der Waals surface area (Å²) in [7, 11) is 1.32. The number of hydrogen-bond acceptors (Lipinski definition) is 4. The first kappa shape index (κ1) is 7.85. The highest BCUT2D eigenvalue weighted by atomic mass is 32.1. The van der Waals surface area contributed by atoms with Crippen molar-refractivity contribution < 1.29 is 4.84 Å². The van der Waals surface area contributed by atoms with E-state index in [9.17, 15) is 0 Å². The van der Waals surface area contributed by atoms with Crippen molar-refractivity contribution in [3.63, 3.8) is 0 Å². The first-order valence-electron chi connectivity index (χ1n) is 2.03. The summed E-state index contributed by atoms with van der Waals surface area (Å²) in [6, 6.07) is 1.66. The predicted octanol–water partition coefficient (Wildman–Crippen LogP) is -0.202. The van der Waals surface area contributed by atoms with E-state index in [1.54, 1.807) is 6.07 Å². The smallest absolute Gasteiger partial charge is 0.213 e. The van der Waals surface area contributed by atoms with E-state index in [1.807, 2.05) is 0 Å². The minimum absolute atomic E-state index is 0.0562. The quantitative estimate of drug-likeness (QED) is 0.330. The molecule has 0 fully saturated rings. The standard InChI is InChI=1S/C4H5N3OS/c1-8-7-3(2-5)4(6)9/h1H3,(H2,6,9)/b7-3+. The fourth-order valence-corrected chi connectivity index (χ4v) is 0.295. The number of thiocarbonyl (C=S) groups is 1. The van der Waals surface area contributed by atoms with Crippen LogP contribution in [0.5, 0.6) is 0 Å². The minimum atomic E-state index is -0.0625. The molecule has 0 aliphatic carbocycles. The SMILES string of the molecule is CO/N=C(\C#N)C(N)=S. The van der Waals surface area contributed by atoms with E-state index in [-0.39, 0.29) is 10.7 Å². The predicted molar refractivity (Wildman–Crippen MR) is 36.8 cm³/mol. The van der Waals surface area contributed by atoms with E-state index in [4.69, 9.17) is 11.0 Å². The Kier molecular flexibility index (Phi) is 3.32. The number of rotatable bonds is 2. The lowest BCUT2D eigenvalue weighted by atomic mass is 10.4. The molecule has 0 aromatic heterocycles. The first-order chi connectivity index (χ1) is 4.22. The maximum absolute atomic E-state index is 8.20. The Morgan fingerprint density at radius 2 is 2.44 bits per heavy atom. The maximum Gasteiger partial charge on any atom is 0.213 e. The molecule has 4 nitrogen and oxygen atoms in total. The molecule has 0 aromatic rings. The minimum Gasteiger partial charge on any atom is -0.398 e. The van der Waals surface area contributed by atoms with Gasteiger partial charge in [-0.1, -0.05) is 17.4 Å². The molecule has 0 heterocycles. The molecule has 5 heteroatoms. The van der Waals surface area contributed by atoms with Crippen LogP contribution in [-0.2, 0) is 4.84 Å². The highest BCUT2D eigenvalue weighted by Gasteiger charge is 1.98. The third kappa shape index (κ3) is 2.61. The van der Waals surface area contributed by atoms with E-state index >= 15 is 0 Å². The second-order valence-corrected chi connectivity index (χ2v) is 1.54. The van der Waals surface area contributed by atoms with Crippen molar-refractivity contribution in [1.82, 2.24) is 0 Å². The summed E-state index contributed by atoms with van der Waals surface area (Å²) in [6.45, 7) is 0. The number of oxime groups is 1. The zero-order valence-corrected chi connectivity index (χ0v) is 5.60. The van der Waals surface area contributed by atoms with Crippen LogP contribution in [0.3, 0.4) is 0 Å². The van der Waals surface area contributed by atoms with Crippen molar-refractivity contribution in [1.29, 1.82) is 5.26 Å². The molecule has 0 aliphatic rings. The molecule has 0 bridgehead atoms. The van der Waals surface area contributed by atoms with Crippen molar-refractivity contribution >= 4 is 22.9 Å². The Morgan fingerprint density at radius 3 is 2.56 bits per heavy atom. The van der Waals surface area contributed by atoms with E-state index in [0.29, 0.717) is 0 Å². The van der Waals surface area contributed by atoms with Crippen LogP contribution in [-0.4, -0.2) is 17.8 Å². The average molecular weight is 143 g/mol. The van der Waals surface area contributed by atoms with Gasteiger partial charge in [-0.3, -0.25) is 0 Å². The number of nitriles is 1. The van der Waals surface area contributed by atoms with E-state index < -0.39 is 0 Å². The first-order valence-corrected chi connectivity index (χ1v) is 2.44. The molecule has 0 aliphatic heterocycles. The molecule has 9 heavy (non-hydrogen) atoms. The normalized spacial score (nSPS) is 10.0. The second kappa shape index (κ2) is 3.80. The molecular formula is C4H5N3OS. The van der Waals surface area contributed by atoms with Gasteiger partial charge in [0.15, 0.2) is 0 Å². The van der Waals surface area contributed by atoms with E-state index in [0.717, 1.165) is 0 Å². The lowest BCUT2D eigenvalue weighted by Gasteiger charge is -1.89. The van der Waals surface area contributed by atoms with Gasteiger partial charge in [0, 0.05) is 0 Å². The largest absolute Gasteiger partial charge is 0.398 e. The molecule has 0 unspecified atom stereocenters. The van der Waals surface area contributed by atoms with Crippen molar-refractivity contribution in [3.05, 3.63) is 0 Å². The fraction of sp³-hybridized carbons (Fsp3) is 0.250. The summed E-state index contributed by atoms with van der Waals surface area (Å²) in [5.74, 6) is 0. The molecule has 48 valence electrons. The molecule has 0 saturated heterocycles. The summed E-state index contributed by atoms with van der Waals surface area (Å²) < 4.78 is 0. The van der Waals surface area contributed by atoms with Crippen LogP contribution >= 0.6 is 12.2 Å². The van der Waals surface area contributed by atoms with Crippen molar-refractivity contribution in [2.24, 2.45) is 10.9 Å². The van der Waals surface area contributed by atoms with Gasteiger partial charge in [-0.25, -0.2) is 0 Å². The zero-order chi connectivity index (χ0) is 7.28. The van der Waals surface area contributed by atoms with Gasteiger partial charge < -0.3 is 10.6 Å². The summed E-state index contributed by atoms with van der Waals surface area (Å²) in [5, 5.41) is 11.4. The average Bonchev–Trinajstić information content (AvgIpc) is 1.82. The molecule has 0 amide bonds. The third-order valence-corrected chi connectivity index (χ3v) is 0.715. The molecule has 0 atom stereocenters. The lowest BCUT2D eigenvalue weighted by molar-refractivity contribution is 0.215. The van der Waals surface area contributed by atoms with Crippen LogP contribution in [0.4, 0.5) is 0 Å². The Hall–Kier alpha value is -1.15. The third-order valence-electron chi connectivity index (χ3n) is 0.522. The zero-order valence-electron chi connectivity index (χ0n) is 4.79. The van der Waals surface area contributed by atoms with Crippen LogP contribution in [0, 0.1) is 11.3 Å². The summed E-state index contributed by atoms with van der Waals surface area (Å²) in [5.41, 5.74) is 4.97. The Morgan fingerprint density at radius 1 is 1.89 bits per heavy atom. The highest BCUT2D eigenvalue weighted by Crippen LogP contribution is 1.77. The number of nitrogens with two attached hydrogens (primary N) is 1. The number of nitrogens with zero attached hydrogens (tertiary/aromatic N) is 2. The molecule has 2 N–H and O–H groups in total. The fourth-order valence-electron chi connectivity index (χ4n) is 0.212. The van der Waals surface area contributed by atoms with Crippen LogP contribution in [0.15, 0.2) is 5.16 Å². The Balaban J connectivity index is 4.20. The highest BCUT2D eigenvalue weighted by molar-refractivity contribution is 7.82. The van der Waals surface area contributed by atoms with Crippen LogP contribution in [0.1, 0.15) is 0 Å². The van der Waals surface area contributed by atoms with E-state index in [2.05, 4.69) is 22.2 Å². The van der Waals surface area contributed by atoms with Crippen molar-refractivity contribution in [2.75, 3.05) is 7.11 Å². The van der Waals surface area contributed by atoms with Gasteiger partial charge >= 0.3 is 0 Å². The maximum atomic E-state index is 8.20. The topological polar surface area (TPSA) is 71.4 Å². The van der Waals surface area contributed by atoms with Crippen LogP contribution < -0.4 is 5.73 Å². The van der Waals surface area contributed by atoms with Gasteiger partial charge in [-0.15, -0.1) is 0 Å². The van der Waals surface area contributed by atoms with Gasteiger partial charge in [-0.2, -0.15) is 5.26 Å². The number of hydrogen-bond donors (Lipinski definition) is 1. The van der Waals surface area contributed by atoms with Gasteiger partial charge in [0.05, 0.1) is 0 Å². The van der Waals surface area contributed by atoms with Crippen molar-refractivity contribution in [2.45, 2.75) is 0 Å². The Labute approximate surface area is 57.9 Å². The molecular weight excluding hydrogens is 138 g/mol. The van der Waals surface area contributed by atoms with Crippen LogP contribution in [0.2, 0.25) is 0 Å². The summed E-state index contributed by atoms with van der Waals surface area (Å²) in [4.78, 5) is 4.20. The van der Waals surface area contributed by atoms with Gasteiger partial charge in [0.25, 0.3) is 0 Å². The van der Waals surface area contributed by atoms with Crippen molar-refractivity contribution in [3.8, 4) is 6.07 Å².